The standard InChI is InChI=1S/C11H13BrN2O3S2/c12-8-2-1-3-9(6-8)19(15,16)14-4-5-17-10(7-14)11(13)18/h1-3,6,10H,4-5,7H2,(H2,13,18). The first-order valence-corrected chi connectivity index (χ1v) is 8.22. The van der Waals surface area contributed by atoms with Gasteiger partial charge in [0.15, 0.2) is 0 Å². The van der Waals surface area contributed by atoms with Crippen molar-refractivity contribution in [2.24, 2.45) is 5.73 Å². The number of sulfonamides is 1. The van der Waals surface area contributed by atoms with E-state index in [2.05, 4.69) is 15.9 Å². The van der Waals surface area contributed by atoms with E-state index in [4.69, 9.17) is 22.7 Å². The molecule has 0 aromatic heterocycles. The van der Waals surface area contributed by atoms with Crippen molar-refractivity contribution in [1.29, 1.82) is 0 Å². The summed E-state index contributed by atoms with van der Waals surface area (Å²) in [7, 11) is -3.54. The van der Waals surface area contributed by atoms with E-state index >= 15 is 0 Å². The predicted molar refractivity (Wildman–Crippen MR) is 79.4 cm³/mol. The molecule has 1 aromatic carbocycles. The molecule has 5 nitrogen and oxygen atoms in total. The summed E-state index contributed by atoms with van der Waals surface area (Å²) >= 11 is 8.12. The fraction of sp³-hybridized carbons (Fsp3) is 0.364. The molecular formula is C11H13BrN2O3S2. The molecule has 1 aliphatic rings. The van der Waals surface area contributed by atoms with Crippen LogP contribution in [0.5, 0.6) is 0 Å². The molecule has 104 valence electrons. The fourth-order valence-electron chi connectivity index (χ4n) is 1.79. The number of halogens is 1. The van der Waals surface area contributed by atoms with Gasteiger partial charge >= 0.3 is 0 Å². The van der Waals surface area contributed by atoms with Crippen molar-refractivity contribution < 1.29 is 13.2 Å². The maximum Gasteiger partial charge on any atom is 0.243 e. The number of thiocarbonyl (C=S) groups is 1. The maximum atomic E-state index is 12.5. The number of benzene rings is 1. The Morgan fingerprint density at radius 1 is 1.53 bits per heavy atom. The van der Waals surface area contributed by atoms with Crippen LogP contribution >= 0.6 is 28.1 Å². The number of rotatable bonds is 3. The average Bonchev–Trinajstić information content (AvgIpc) is 2.39. The van der Waals surface area contributed by atoms with Crippen molar-refractivity contribution in [1.82, 2.24) is 4.31 Å². The van der Waals surface area contributed by atoms with Crippen molar-refractivity contribution >= 4 is 43.2 Å². The predicted octanol–water partition coefficient (Wildman–Crippen LogP) is 1.12. The molecule has 1 heterocycles. The first kappa shape index (κ1) is 14.9. The molecule has 0 amide bonds. The van der Waals surface area contributed by atoms with Gasteiger partial charge in [0.1, 0.15) is 11.1 Å². The smallest absolute Gasteiger partial charge is 0.243 e. The molecule has 19 heavy (non-hydrogen) atoms. The van der Waals surface area contributed by atoms with Crippen LogP contribution in [0.1, 0.15) is 0 Å². The van der Waals surface area contributed by atoms with Gasteiger partial charge in [-0.15, -0.1) is 0 Å². The first-order chi connectivity index (χ1) is 8.91. The third kappa shape index (κ3) is 3.32. The summed E-state index contributed by atoms with van der Waals surface area (Å²) in [5.74, 6) is 0. The van der Waals surface area contributed by atoms with E-state index in [0.29, 0.717) is 11.0 Å². The van der Waals surface area contributed by atoms with Crippen molar-refractivity contribution in [2.75, 3.05) is 19.7 Å². The number of hydrogen-bond acceptors (Lipinski definition) is 4. The molecule has 0 bridgehead atoms. The number of ether oxygens (including phenoxy) is 1. The van der Waals surface area contributed by atoms with Crippen LogP contribution in [0.2, 0.25) is 0 Å². The van der Waals surface area contributed by atoms with Crippen molar-refractivity contribution in [3.05, 3.63) is 28.7 Å². The highest BCUT2D eigenvalue weighted by atomic mass is 79.9. The summed E-state index contributed by atoms with van der Waals surface area (Å²) in [6, 6.07) is 6.59. The van der Waals surface area contributed by atoms with E-state index in [0.717, 1.165) is 0 Å². The summed E-state index contributed by atoms with van der Waals surface area (Å²) in [5, 5.41) is 0. The number of nitrogens with zero attached hydrogens (tertiary/aromatic N) is 1. The lowest BCUT2D eigenvalue weighted by Crippen LogP contribution is -2.49. The molecule has 1 aliphatic heterocycles. The van der Waals surface area contributed by atoms with E-state index in [1.807, 2.05) is 0 Å². The van der Waals surface area contributed by atoms with E-state index in [1.54, 1.807) is 24.3 Å². The normalized spacial score (nSPS) is 21.2. The van der Waals surface area contributed by atoms with Crippen molar-refractivity contribution in [3.8, 4) is 0 Å². The van der Waals surface area contributed by atoms with Gasteiger partial charge in [0.25, 0.3) is 0 Å². The van der Waals surface area contributed by atoms with Crippen LogP contribution in [0.25, 0.3) is 0 Å². The summed E-state index contributed by atoms with van der Waals surface area (Å²) in [4.78, 5) is 0.416. The lowest BCUT2D eigenvalue weighted by molar-refractivity contribution is 0.0386. The Morgan fingerprint density at radius 3 is 2.89 bits per heavy atom. The third-order valence-corrected chi connectivity index (χ3v) is 5.40. The van der Waals surface area contributed by atoms with E-state index < -0.39 is 16.1 Å². The highest BCUT2D eigenvalue weighted by molar-refractivity contribution is 9.10. The zero-order chi connectivity index (χ0) is 14.0. The second-order valence-corrected chi connectivity index (χ2v) is 7.41. The zero-order valence-corrected chi connectivity index (χ0v) is 13.2. The molecule has 0 aliphatic carbocycles. The number of morpholine rings is 1. The molecule has 1 unspecified atom stereocenters. The van der Waals surface area contributed by atoms with Crippen LogP contribution in [-0.2, 0) is 14.8 Å². The van der Waals surface area contributed by atoms with Gasteiger partial charge in [0, 0.05) is 17.6 Å². The summed E-state index contributed by atoms with van der Waals surface area (Å²) in [6.07, 6.45) is -0.523. The largest absolute Gasteiger partial charge is 0.391 e. The van der Waals surface area contributed by atoms with E-state index in [-0.39, 0.29) is 23.0 Å². The fourth-order valence-corrected chi connectivity index (χ4v) is 3.96. The monoisotopic (exact) mass is 364 g/mol. The highest BCUT2D eigenvalue weighted by Crippen LogP contribution is 2.21. The van der Waals surface area contributed by atoms with Crippen LogP contribution in [0.3, 0.4) is 0 Å². The Labute approximate surface area is 125 Å². The minimum absolute atomic E-state index is 0.157. The molecule has 1 saturated heterocycles. The molecule has 8 heteroatoms. The van der Waals surface area contributed by atoms with Crippen molar-refractivity contribution in [2.45, 2.75) is 11.0 Å². The third-order valence-electron chi connectivity index (χ3n) is 2.78. The lowest BCUT2D eigenvalue weighted by Gasteiger charge is -2.31. The number of nitrogens with two attached hydrogens (primary N) is 1. The SMILES string of the molecule is NC(=S)C1CN(S(=O)(=O)c2cccc(Br)c2)CCO1. The van der Waals surface area contributed by atoms with Crippen LogP contribution in [0.15, 0.2) is 33.6 Å². The van der Waals surface area contributed by atoms with E-state index in [9.17, 15) is 8.42 Å². The van der Waals surface area contributed by atoms with Crippen LogP contribution in [0, 0.1) is 0 Å². The molecular weight excluding hydrogens is 352 g/mol. The number of hydrogen-bond donors (Lipinski definition) is 1. The average molecular weight is 365 g/mol. The Hall–Kier alpha value is -0.540. The highest BCUT2D eigenvalue weighted by Gasteiger charge is 2.31. The molecule has 2 rings (SSSR count). The van der Waals surface area contributed by atoms with E-state index in [1.165, 1.54) is 4.31 Å². The van der Waals surface area contributed by atoms with Gasteiger partial charge in [-0.1, -0.05) is 34.2 Å². The van der Waals surface area contributed by atoms with Gasteiger partial charge in [0.2, 0.25) is 10.0 Å². The Morgan fingerprint density at radius 2 is 2.26 bits per heavy atom. The topological polar surface area (TPSA) is 72.6 Å². The molecule has 1 aromatic rings. The summed E-state index contributed by atoms with van der Waals surface area (Å²) in [5.41, 5.74) is 5.51. The molecule has 0 saturated carbocycles. The zero-order valence-electron chi connectivity index (χ0n) is 9.95. The summed E-state index contributed by atoms with van der Waals surface area (Å²) < 4.78 is 32.4. The quantitative estimate of drug-likeness (QED) is 0.813. The van der Waals surface area contributed by atoms with Gasteiger partial charge < -0.3 is 10.5 Å². The molecule has 0 radical (unpaired) electrons. The van der Waals surface area contributed by atoms with Crippen molar-refractivity contribution in [3.63, 3.8) is 0 Å². The van der Waals surface area contributed by atoms with Gasteiger partial charge in [-0.3, -0.25) is 0 Å². The second kappa shape index (κ2) is 5.84. The minimum atomic E-state index is -3.54. The molecule has 0 spiro atoms. The molecule has 1 atom stereocenters. The van der Waals surface area contributed by atoms with Crippen LogP contribution < -0.4 is 5.73 Å². The van der Waals surface area contributed by atoms with Gasteiger partial charge in [-0.25, -0.2) is 8.42 Å². The Balaban J connectivity index is 2.27. The molecule has 1 fully saturated rings. The Bertz CT molecular complexity index is 591. The minimum Gasteiger partial charge on any atom is -0.391 e. The van der Waals surface area contributed by atoms with Crippen LogP contribution in [-0.4, -0.2) is 43.5 Å². The maximum absolute atomic E-state index is 12.5. The van der Waals surface area contributed by atoms with Crippen LogP contribution in [0.4, 0.5) is 0 Å². The Kier molecular flexibility index (Phi) is 4.57. The molecule has 2 N–H and O–H groups in total. The lowest BCUT2D eigenvalue weighted by atomic mass is 10.3. The summed E-state index contributed by atoms with van der Waals surface area (Å²) in [6.45, 7) is 0.743. The first-order valence-electron chi connectivity index (χ1n) is 5.58. The second-order valence-electron chi connectivity index (χ2n) is 4.08. The van der Waals surface area contributed by atoms with Gasteiger partial charge in [0.05, 0.1) is 11.5 Å². The van der Waals surface area contributed by atoms with Gasteiger partial charge in [-0.2, -0.15) is 4.31 Å². The van der Waals surface area contributed by atoms with Gasteiger partial charge in [-0.05, 0) is 18.2 Å².